The zero-order chi connectivity index (χ0) is 38.9. The number of fused-ring (bicyclic) bond motifs is 7. The van der Waals surface area contributed by atoms with E-state index in [9.17, 15) is 0 Å². The molecule has 0 amide bonds. The van der Waals surface area contributed by atoms with Crippen LogP contribution in [0.2, 0.25) is 0 Å². The molecule has 0 aliphatic rings. The second-order valence-electron chi connectivity index (χ2n) is 14.6. The van der Waals surface area contributed by atoms with E-state index in [-0.39, 0.29) is 0 Å². The fourth-order valence-corrected chi connectivity index (χ4v) is 10.7. The molecule has 0 N–H and O–H groups in total. The predicted octanol–water partition coefficient (Wildman–Crippen LogP) is 14.3. The lowest BCUT2D eigenvalue weighted by molar-refractivity contribution is 1.08. The first-order chi connectivity index (χ1) is 29.2. The van der Waals surface area contributed by atoms with Crippen LogP contribution in [-0.4, -0.2) is 24.5 Å². The monoisotopic (exact) mass is 789 g/mol. The van der Waals surface area contributed by atoms with Crippen LogP contribution in [0.3, 0.4) is 0 Å². The molecule has 0 spiro atoms. The third kappa shape index (κ3) is 5.66. The molecule has 0 aliphatic carbocycles. The van der Waals surface area contributed by atoms with E-state index in [0.717, 1.165) is 61.1 Å². The molecule has 0 unspecified atom stereocenters. The van der Waals surface area contributed by atoms with E-state index < -0.39 is 0 Å². The summed E-state index contributed by atoms with van der Waals surface area (Å²) in [4.78, 5) is 20.9. The molecular weight excluding hydrogens is 759 g/mol. The molecule has 0 atom stereocenters. The van der Waals surface area contributed by atoms with Gasteiger partial charge in [-0.25, -0.2) is 19.9 Å². The number of hydrogen-bond acceptors (Lipinski definition) is 6. The average Bonchev–Trinajstić information content (AvgIpc) is 4.01. The summed E-state index contributed by atoms with van der Waals surface area (Å²) in [6, 6.07) is 66.0. The van der Waals surface area contributed by atoms with Crippen molar-refractivity contribution in [1.82, 2.24) is 24.5 Å². The van der Waals surface area contributed by atoms with Gasteiger partial charge in [0.05, 0.1) is 11.0 Å². The Morgan fingerprint density at radius 3 is 1.92 bits per heavy atom. The summed E-state index contributed by atoms with van der Waals surface area (Å²) in [5.74, 6) is 2.80. The second kappa shape index (κ2) is 13.7. The van der Waals surface area contributed by atoms with E-state index in [0.29, 0.717) is 17.5 Å². The molecule has 276 valence electrons. The Kier molecular flexibility index (Phi) is 7.82. The van der Waals surface area contributed by atoms with Gasteiger partial charge in [0, 0.05) is 68.3 Å². The van der Waals surface area contributed by atoms with Crippen LogP contribution < -0.4 is 0 Å². The smallest absolute Gasteiger partial charge is 0.164 e. The van der Waals surface area contributed by atoms with E-state index in [4.69, 9.17) is 19.9 Å². The average molecular weight is 790 g/mol. The van der Waals surface area contributed by atoms with Gasteiger partial charge in [-0.05, 0) is 71.8 Å². The molecule has 5 nitrogen and oxygen atoms in total. The van der Waals surface area contributed by atoms with Gasteiger partial charge in [0.15, 0.2) is 17.5 Å². The second-order valence-corrected chi connectivity index (χ2v) is 16.8. The Bertz CT molecular complexity index is 3570. The number of aromatic nitrogens is 5. The van der Waals surface area contributed by atoms with E-state index in [1.807, 2.05) is 41.7 Å². The van der Waals surface area contributed by atoms with Crippen LogP contribution in [0.5, 0.6) is 0 Å². The minimum Gasteiger partial charge on any atom is -0.292 e. The first-order valence-corrected chi connectivity index (χ1v) is 21.2. The maximum absolute atomic E-state index is 5.30. The fourth-order valence-electron chi connectivity index (χ4n) is 8.35. The number of rotatable bonds is 6. The van der Waals surface area contributed by atoms with Gasteiger partial charge < -0.3 is 0 Å². The van der Waals surface area contributed by atoms with Gasteiger partial charge >= 0.3 is 0 Å². The standard InChI is InChI=1S/C52H31N5S2/c1-3-14-32(15-4-1)49-54-50(34-17-11-16-33(30-34)37-21-12-22-39-38-20-7-10-26-44(38)59-48(37)39)56-51(55-49)40-23-13-27-46-47(40)41-31-35(28-29-45(41)58-46)52-53-42-24-8-9-25-43(42)57(52)36-18-5-2-6-19-36/h1-31H. The molecule has 0 bridgehead atoms. The normalized spacial score (nSPS) is 11.7. The van der Waals surface area contributed by atoms with Crippen molar-refractivity contribution >= 4 is 74.1 Å². The van der Waals surface area contributed by atoms with Crippen molar-refractivity contribution in [3.63, 3.8) is 0 Å². The van der Waals surface area contributed by atoms with Crippen LogP contribution in [0, 0.1) is 0 Å². The Hall–Kier alpha value is -7.32. The summed E-state index contributed by atoms with van der Waals surface area (Å²) in [6.07, 6.45) is 0. The lowest BCUT2D eigenvalue weighted by Crippen LogP contribution is -2.00. The minimum atomic E-state index is 0.632. The maximum Gasteiger partial charge on any atom is 0.164 e. The first kappa shape index (κ1) is 33.8. The van der Waals surface area contributed by atoms with Gasteiger partial charge in [-0.3, -0.25) is 4.57 Å². The summed E-state index contributed by atoms with van der Waals surface area (Å²) in [7, 11) is 0. The molecule has 8 aromatic carbocycles. The fraction of sp³-hybridized carbons (Fsp3) is 0. The molecule has 0 fully saturated rings. The summed E-state index contributed by atoms with van der Waals surface area (Å²) < 4.78 is 7.19. The topological polar surface area (TPSA) is 56.5 Å². The molecule has 0 aliphatic heterocycles. The highest BCUT2D eigenvalue weighted by molar-refractivity contribution is 7.26. The van der Waals surface area contributed by atoms with Crippen LogP contribution in [0.1, 0.15) is 0 Å². The molecule has 7 heteroatoms. The van der Waals surface area contributed by atoms with Gasteiger partial charge in [-0.2, -0.15) is 0 Å². The van der Waals surface area contributed by atoms with Crippen LogP contribution >= 0.6 is 22.7 Å². The molecule has 12 rings (SSSR count). The number of para-hydroxylation sites is 3. The van der Waals surface area contributed by atoms with Crippen LogP contribution in [0.4, 0.5) is 0 Å². The number of imidazole rings is 1. The molecule has 59 heavy (non-hydrogen) atoms. The van der Waals surface area contributed by atoms with Crippen LogP contribution in [0.25, 0.3) is 114 Å². The van der Waals surface area contributed by atoms with Gasteiger partial charge in [-0.15, -0.1) is 22.7 Å². The minimum absolute atomic E-state index is 0.632. The quantitative estimate of drug-likeness (QED) is 0.168. The zero-order valence-electron chi connectivity index (χ0n) is 31.5. The molecule has 0 radical (unpaired) electrons. The van der Waals surface area contributed by atoms with Crippen molar-refractivity contribution in [1.29, 1.82) is 0 Å². The Balaban J connectivity index is 1.04. The highest BCUT2D eigenvalue weighted by Crippen LogP contribution is 2.43. The van der Waals surface area contributed by atoms with E-state index in [2.05, 4.69) is 162 Å². The van der Waals surface area contributed by atoms with Gasteiger partial charge in [0.2, 0.25) is 0 Å². The summed E-state index contributed by atoms with van der Waals surface area (Å²) >= 11 is 3.63. The maximum atomic E-state index is 5.30. The molecule has 0 saturated carbocycles. The van der Waals surface area contributed by atoms with Crippen LogP contribution in [0.15, 0.2) is 188 Å². The molecule has 4 heterocycles. The van der Waals surface area contributed by atoms with Crippen molar-refractivity contribution in [2.24, 2.45) is 0 Å². The van der Waals surface area contributed by atoms with E-state index in [1.54, 1.807) is 11.3 Å². The van der Waals surface area contributed by atoms with Crippen molar-refractivity contribution < 1.29 is 0 Å². The third-order valence-corrected chi connectivity index (χ3v) is 13.4. The Morgan fingerprint density at radius 2 is 1.02 bits per heavy atom. The first-order valence-electron chi connectivity index (χ1n) is 19.5. The van der Waals surface area contributed by atoms with Crippen LogP contribution in [-0.2, 0) is 0 Å². The highest BCUT2D eigenvalue weighted by Gasteiger charge is 2.20. The van der Waals surface area contributed by atoms with Crippen molar-refractivity contribution in [3.8, 4) is 62.4 Å². The molecule has 4 aromatic heterocycles. The number of thiophene rings is 2. The summed E-state index contributed by atoms with van der Waals surface area (Å²) in [5.41, 5.74) is 9.31. The predicted molar refractivity (Wildman–Crippen MR) is 247 cm³/mol. The Labute approximate surface area is 347 Å². The Morgan fingerprint density at radius 1 is 0.373 bits per heavy atom. The van der Waals surface area contributed by atoms with Gasteiger partial charge in [-0.1, -0.05) is 127 Å². The lowest BCUT2D eigenvalue weighted by atomic mass is 10.0. The summed E-state index contributed by atoms with van der Waals surface area (Å²) in [5, 5.41) is 4.83. The van der Waals surface area contributed by atoms with Crippen molar-refractivity contribution in [2.75, 3.05) is 0 Å². The van der Waals surface area contributed by atoms with Crippen molar-refractivity contribution in [2.45, 2.75) is 0 Å². The number of hydrogen-bond donors (Lipinski definition) is 0. The highest BCUT2D eigenvalue weighted by atomic mass is 32.1. The SMILES string of the molecule is c1ccc(-c2nc(-c3cccc(-c4cccc5c4sc4ccccc45)c3)nc(-c3cccc4sc5ccc(-c6nc7ccccc7n6-c6ccccc6)cc5c34)n2)cc1. The number of benzene rings is 8. The van der Waals surface area contributed by atoms with Gasteiger partial charge in [0.1, 0.15) is 5.82 Å². The lowest BCUT2D eigenvalue weighted by Gasteiger charge is -2.11. The van der Waals surface area contributed by atoms with Gasteiger partial charge in [0.25, 0.3) is 0 Å². The zero-order valence-corrected chi connectivity index (χ0v) is 33.1. The molecule has 12 aromatic rings. The molecular formula is C52H31N5S2. The van der Waals surface area contributed by atoms with Crippen molar-refractivity contribution in [3.05, 3.63) is 188 Å². The van der Waals surface area contributed by atoms with E-state index >= 15 is 0 Å². The number of nitrogens with zero attached hydrogens (tertiary/aromatic N) is 5. The largest absolute Gasteiger partial charge is 0.292 e. The van der Waals surface area contributed by atoms with E-state index in [1.165, 1.54) is 35.1 Å². The summed E-state index contributed by atoms with van der Waals surface area (Å²) in [6.45, 7) is 0. The molecule has 0 saturated heterocycles. The third-order valence-electron chi connectivity index (χ3n) is 11.1.